The number of benzene rings is 6. The second-order valence-corrected chi connectivity index (χ2v) is 12.1. The van der Waals surface area contributed by atoms with Crippen molar-refractivity contribution < 1.29 is 13.3 Å². The summed E-state index contributed by atoms with van der Waals surface area (Å²) in [6.45, 7) is 0. The van der Waals surface area contributed by atoms with Gasteiger partial charge in [0.05, 0.1) is 5.69 Å². The lowest BCUT2D eigenvalue weighted by atomic mass is 10.1. The molecule has 6 aromatic carbocycles. The van der Waals surface area contributed by atoms with Crippen LogP contribution in [0.2, 0.25) is 0 Å². The maximum Gasteiger partial charge on any atom is 0.227 e. The number of oxazole rings is 2. The smallest absolute Gasteiger partial charge is 0.227 e. The first-order chi connectivity index (χ1) is 24.7. The highest BCUT2D eigenvalue weighted by atomic mass is 16.4. The van der Waals surface area contributed by atoms with Gasteiger partial charge < -0.3 is 18.2 Å². The molecule has 0 saturated carbocycles. The van der Waals surface area contributed by atoms with Crippen LogP contribution in [0.25, 0.3) is 78.4 Å². The van der Waals surface area contributed by atoms with Crippen LogP contribution >= 0.6 is 0 Å². The molecule has 0 aliphatic rings. The molecule has 236 valence electrons. The fourth-order valence-electron chi connectivity index (χ4n) is 6.49. The summed E-state index contributed by atoms with van der Waals surface area (Å²) in [4.78, 5) is 16.5. The second kappa shape index (κ2) is 11.3. The molecule has 0 atom stereocenters. The van der Waals surface area contributed by atoms with Crippen molar-refractivity contribution in [3.63, 3.8) is 0 Å². The summed E-state index contributed by atoms with van der Waals surface area (Å²) in [5.74, 6) is 1.18. The number of anilines is 3. The van der Waals surface area contributed by atoms with E-state index in [1.54, 1.807) is 0 Å². The topological polar surface area (TPSA) is 81.3 Å². The van der Waals surface area contributed by atoms with Crippen LogP contribution in [-0.4, -0.2) is 15.0 Å². The van der Waals surface area contributed by atoms with E-state index in [2.05, 4.69) is 75.5 Å². The Labute approximate surface area is 285 Å². The van der Waals surface area contributed by atoms with E-state index in [9.17, 15) is 0 Å². The zero-order valence-electron chi connectivity index (χ0n) is 26.5. The maximum atomic E-state index is 6.07. The molecule has 4 heterocycles. The normalized spacial score (nSPS) is 11.6. The Balaban J connectivity index is 1.02. The van der Waals surface area contributed by atoms with Crippen LogP contribution in [-0.2, 0) is 0 Å². The Hall–Kier alpha value is -6.99. The molecule has 4 aromatic heterocycles. The number of pyridine rings is 1. The van der Waals surface area contributed by atoms with Crippen LogP contribution in [0, 0.1) is 0 Å². The summed E-state index contributed by atoms with van der Waals surface area (Å²) < 4.78 is 18.2. The van der Waals surface area contributed by atoms with Crippen LogP contribution in [0.3, 0.4) is 0 Å². The van der Waals surface area contributed by atoms with Crippen LogP contribution in [0.1, 0.15) is 0 Å². The summed E-state index contributed by atoms with van der Waals surface area (Å²) in [5.41, 5.74) is 11.3. The predicted octanol–water partition coefficient (Wildman–Crippen LogP) is 11.7. The predicted molar refractivity (Wildman–Crippen MR) is 198 cm³/mol. The summed E-state index contributed by atoms with van der Waals surface area (Å²) >= 11 is 0. The number of nitrogens with zero attached hydrogens (tertiary/aromatic N) is 4. The number of fused-ring (bicyclic) bond motifs is 5. The highest BCUT2D eigenvalue weighted by molar-refractivity contribution is 6.04. The first-order valence-corrected chi connectivity index (χ1v) is 16.3. The summed E-state index contributed by atoms with van der Waals surface area (Å²) in [5, 5.41) is 2.08. The van der Waals surface area contributed by atoms with Crippen molar-refractivity contribution in [2.45, 2.75) is 0 Å². The van der Waals surface area contributed by atoms with Gasteiger partial charge in [0.2, 0.25) is 17.5 Å². The van der Waals surface area contributed by atoms with E-state index in [0.717, 1.165) is 78.0 Å². The van der Waals surface area contributed by atoms with Gasteiger partial charge >= 0.3 is 0 Å². The zero-order valence-corrected chi connectivity index (χ0v) is 26.5. The fraction of sp³-hybridized carbons (Fsp3) is 0. The molecule has 0 aliphatic heterocycles. The van der Waals surface area contributed by atoms with Gasteiger partial charge in [-0.3, -0.25) is 0 Å². The molecule has 0 unspecified atom stereocenters. The van der Waals surface area contributed by atoms with Crippen molar-refractivity contribution in [3.8, 4) is 34.2 Å². The average Bonchev–Trinajstić information content (AvgIpc) is 3.91. The van der Waals surface area contributed by atoms with Gasteiger partial charge in [-0.25, -0.2) is 15.0 Å². The van der Waals surface area contributed by atoms with Crippen LogP contribution in [0.5, 0.6) is 0 Å². The SMILES string of the molecule is c1ccc2oc(-c3ccc(N(c4ccc(-c5ccc6c(n5)oc5ccccc56)cc4)c4ccc(-c5nc6ccccc6o5)cc4)cc3)nc2c1. The van der Waals surface area contributed by atoms with Gasteiger partial charge in [-0.1, -0.05) is 54.6 Å². The quantitative estimate of drug-likeness (QED) is 0.178. The molecule has 7 heteroatoms. The van der Waals surface area contributed by atoms with E-state index >= 15 is 0 Å². The molecule has 0 fully saturated rings. The van der Waals surface area contributed by atoms with Crippen molar-refractivity contribution in [1.82, 2.24) is 15.0 Å². The highest BCUT2D eigenvalue weighted by Gasteiger charge is 2.17. The van der Waals surface area contributed by atoms with E-state index in [1.165, 1.54) is 0 Å². The fourth-order valence-corrected chi connectivity index (χ4v) is 6.49. The largest absolute Gasteiger partial charge is 0.438 e. The highest BCUT2D eigenvalue weighted by Crippen LogP contribution is 2.38. The number of para-hydroxylation sites is 5. The summed E-state index contributed by atoms with van der Waals surface area (Å²) in [6, 6.07) is 52.7. The molecule has 0 N–H and O–H groups in total. The maximum absolute atomic E-state index is 6.07. The van der Waals surface area contributed by atoms with Gasteiger partial charge in [0.25, 0.3) is 0 Å². The van der Waals surface area contributed by atoms with Gasteiger partial charge in [-0.2, -0.15) is 0 Å². The minimum absolute atomic E-state index is 0.588. The van der Waals surface area contributed by atoms with Gasteiger partial charge in [-0.15, -0.1) is 0 Å². The molecule has 0 amide bonds. The standard InChI is InChI=1S/C43H26N4O3/c1-4-10-38-33(7-1)34-25-26-35(44-43(34)48-38)27-13-19-30(20-14-27)47(31-21-15-28(16-22-31)41-45-36-8-2-5-11-39(36)49-41)32-23-17-29(18-24-32)42-46-37-9-3-6-12-40(37)50-42/h1-26H. The molecule has 0 spiro atoms. The third-order valence-electron chi connectivity index (χ3n) is 9.00. The van der Waals surface area contributed by atoms with E-state index in [0.29, 0.717) is 17.5 Å². The summed E-state index contributed by atoms with van der Waals surface area (Å²) in [6.07, 6.45) is 0. The van der Waals surface area contributed by atoms with Crippen molar-refractivity contribution in [3.05, 3.63) is 158 Å². The zero-order chi connectivity index (χ0) is 33.0. The Kier molecular flexibility index (Phi) is 6.35. The Morgan fingerprint density at radius 3 is 1.38 bits per heavy atom. The van der Waals surface area contributed by atoms with Crippen molar-refractivity contribution >= 4 is 61.3 Å². The molecule has 0 aliphatic carbocycles. The molecule has 7 nitrogen and oxygen atoms in total. The van der Waals surface area contributed by atoms with Crippen molar-refractivity contribution in [2.24, 2.45) is 0 Å². The molecule has 0 radical (unpaired) electrons. The van der Waals surface area contributed by atoms with Gasteiger partial charge in [0.15, 0.2) is 11.2 Å². The van der Waals surface area contributed by atoms with Crippen LogP contribution in [0.4, 0.5) is 17.1 Å². The Morgan fingerprint density at radius 1 is 0.360 bits per heavy atom. The summed E-state index contributed by atoms with van der Waals surface area (Å²) in [7, 11) is 0. The average molecular weight is 647 g/mol. The first kappa shape index (κ1) is 28.1. The Morgan fingerprint density at radius 2 is 0.840 bits per heavy atom. The minimum atomic E-state index is 0.588. The number of furan rings is 1. The lowest BCUT2D eigenvalue weighted by Crippen LogP contribution is -2.09. The van der Waals surface area contributed by atoms with E-state index in [-0.39, 0.29) is 0 Å². The minimum Gasteiger partial charge on any atom is -0.438 e. The van der Waals surface area contributed by atoms with E-state index in [1.807, 2.05) is 97.1 Å². The molecule has 10 aromatic rings. The number of rotatable bonds is 6. The lowest BCUT2D eigenvalue weighted by molar-refractivity contribution is 0.619. The van der Waals surface area contributed by atoms with Gasteiger partial charge in [0.1, 0.15) is 16.6 Å². The lowest BCUT2D eigenvalue weighted by Gasteiger charge is -2.26. The van der Waals surface area contributed by atoms with Gasteiger partial charge in [-0.05, 0) is 103 Å². The molecular formula is C43H26N4O3. The molecule has 0 bridgehead atoms. The third-order valence-corrected chi connectivity index (χ3v) is 9.00. The number of hydrogen-bond acceptors (Lipinski definition) is 7. The monoisotopic (exact) mass is 646 g/mol. The van der Waals surface area contributed by atoms with Crippen LogP contribution in [0.15, 0.2) is 171 Å². The Bertz CT molecular complexity index is 2630. The molecule has 50 heavy (non-hydrogen) atoms. The molecule has 10 rings (SSSR count). The van der Waals surface area contributed by atoms with E-state index in [4.69, 9.17) is 18.2 Å². The van der Waals surface area contributed by atoms with Gasteiger partial charge in [0, 0.05) is 44.5 Å². The van der Waals surface area contributed by atoms with Crippen molar-refractivity contribution in [1.29, 1.82) is 0 Å². The first-order valence-electron chi connectivity index (χ1n) is 16.3. The van der Waals surface area contributed by atoms with Crippen LogP contribution < -0.4 is 4.90 Å². The number of hydrogen-bond donors (Lipinski definition) is 0. The van der Waals surface area contributed by atoms with E-state index < -0.39 is 0 Å². The number of aromatic nitrogens is 3. The second-order valence-electron chi connectivity index (χ2n) is 12.1. The van der Waals surface area contributed by atoms with Crippen molar-refractivity contribution in [2.75, 3.05) is 4.90 Å². The molecular weight excluding hydrogens is 620 g/mol. The third kappa shape index (κ3) is 4.79. The molecule has 0 saturated heterocycles.